The topological polar surface area (TPSA) is 39.9 Å². The van der Waals surface area contributed by atoms with Crippen molar-refractivity contribution in [2.24, 2.45) is 0 Å². The molecule has 0 spiro atoms. The maximum absolute atomic E-state index is 5.92. The Morgan fingerprint density at radius 1 is 1.00 bits per heavy atom. The van der Waals surface area contributed by atoms with Crippen LogP contribution in [0.15, 0.2) is 53.7 Å². The molecule has 0 bridgehead atoms. The van der Waals surface area contributed by atoms with Crippen molar-refractivity contribution in [3.8, 4) is 17.1 Å². The van der Waals surface area contributed by atoms with Crippen molar-refractivity contribution in [1.82, 2.24) is 14.8 Å². The highest BCUT2D eigenvalue weighted by Gasteiger charge is 2.20. The summed E-state index contributed by atoms with van der Waals surface area (Å²) in [5, 5.41) is 10.1. The Kier molecular flexibility index (Phi) is 6.30. The Hall–Kier alpha value is -2.11. The van der Waals surface area contributed by atoms with Gasteiger partial charge in [0, 0.05) is 23.6 Å². The summed E-state index contributed by atoms with van der Waals surface area (Å²) >= 11 is 1.74. The van der Waals surface area contributed by atoms with Crippen LogP contribution in [0.2, 0.25) is 0 Å². The van der Waals surface area contributed by atoms with Crippen LogP contribution >= 0.6 is 11.8 Å². The first kappa shape index (κ1) is 21.1. The lowest BCUT2D eigenvalue weighted by atomic mass is 9.87. The van der Waals surface area contributed by atoms with Gasteiger partial charge in [0.15, 0.2) is 11.0 Å². The summed E-state index contributed by atoms with van der Waals surface area (Å²) in [7, 11) is 0. The number of thioether (sulfide) groups is 1. The van der Waals surface area contributed by atoms with E-state index in [-0.39, 0.29) is 5.41 Å². The summed E-state index contributed by atoms with van der Waals surface area (Å²) in [6, 6.07) is 17.3. The molecule has 1 aliphatic rings. The van der Waals surface area contributed by atoms with E-state index in [2.05, 4.69) is 91.0 Å². The molecule has 3 aromatic rings. The van der Waals surface area contributed by atoms with E-state index in [9.17, 15) is 0 Å². The predicted octanol–water partition coefficient (Wildman–Crippen LogP) is 6.20. The molecule has 0 aliphatic carbocycles. The zero-order valence-electron chi connectivity index (χ0n) is 18.4. The molecule has 1 saturated heterocycles. The quantitative estimate of drug-likeness (QED) is 0.460. The van der Waals surface area contributed by atoms with Gasteiger partial charge in [-0.05, 0) is 49.3 Å². The Bertz CT molecular complexity index is 965. The summed E-state index contributed by atoms with van der Waals surface area (Å²) in [4.78, 5) is 0. The van der Waals surface area contributed by atoms with Gasteiger partial charge in [-0.1, -0.05) is 74.5 Å². The Balaban J connectivity index is 1.67. The summed E-state index contributed by atoms with van der Waals surface area (Å²) in [5.74, 6) is 1.79. The zero-order chi connectivity index (χ0) is 21.1. The van der Waals surface area contributed by atoms with Crippen LogP contribution in [0.5, 0.6) is 0 Å². The zero-order valence-corrected chi connectivity index (χ0v) is 19.2. The average molecular weight is 422 g/mol. The monoisotopic (exact) mass is 421 g/mol. The number of nitrogens with zero attached hydrogens (tertiary/aromatic N) is 3. The molecule has 158 valence electrons. The van der Waals surface area contributed by atoms with Gasteiger partial charge in [0.1, 0.15) is 0 Å². The van der Waals surface area contributed by atoms with Crippen LogP contribution in [-0.2, 0) is 10.2 Å². The summed E-state index contributed by atoms with van der Waals surface area (Å²) in [5.41, 5.74) is 4.86. The van der Waals surface area contributed by atoms with Crippen molar-refractivity contribution >= 4 is 11.8 Å². The maximum Gasteiger partial charge on any atom is 0.196 e. The molecule has 2 aromatic carbocycles. The lowest BCUT2D eigenvalue weighted by Gasteiger charge is -2.22. The summed E-state index contributed by atoms with van der Waals surface area (Å²) in [6.07, 6.45) is 3.87. The summed E-state index contributed by atoms with van der Waals surface area (Å²) < 4.78 is 8.10. The fraction of sp³-hybridized carbons (Fsp3) is 0.440. The second-order valence-corrected chi connectivity index (χ2v) is 10.1. The van der Waals surface area contributed by atoms with Gasteiger partial charge < -0.3 is 4.74 Å². The molecular formula is C25H31N3OS. The van der Waals surface area contributed by atoms with Crippen LogP contribution in [-0.4, -0.2) is 33.2 Å². The average Bonchev–Trinajstić information content (AvgIpc) is 3.17. The van der Waals surface area contributed by atoms with Gasteiger partial charge in [-0.15, -0.1) is 10.2 Å². The van der Waals surface area contributed by atoms with Gasteiger partial charge in [0.25, 0.3) is 0 Å². The third-order valence-corrected chi connectivity index (χ3v) is 6.67. The fourth-order valence-corrected chi connectivity index (χ4v) is 4.72. The van der Waals surface area contributed by atoms with Crippen molar-refractivity contribution < 1.29 is 4.74 Å². The molecule has 0 radical (unpaired) electrons. The van der Waals surface area contributed by atoms with Crippen LogP contribution in [0, 0.1) is 6.92 Å². The third kappa shape index (κ3) is 4.79. The lowest BCUT2D eigenvalue weighted by molar-refractivity contribution is 0.0315. The molecule has 4 rings (SSSR count). The molecule has 1 unspecified atom stereocenters. The van der Waals surface area contributed by atoms with Gasteiger partial charge >= 0.3 is 0 Å². The number of aromatic nitrogens is 3. The number of rotatable bonds is 5. The largest absolute Gasteiger partial charge is 0.377 e. The van der Waals surface area contributed by atoms with Crippen molar-refractivity contribution in [3.05, 3.63) is 59.7 Å². The second-order valence-electron chi connectivity index (χ2n) is 9.10. The molecule has 5 heteroatoms. The highest BCUT2D eigenvalue weighted by Crippen LogP contribution is 2.31. The van der Waals surface area contributed by atoms with Gasteiger partial charge in [0.2, 0.25) is 0 Å². The molecule has 1 aromatic heterocycles. The van der Waals surface area contributed by atoms with Crippen LogP contribution in [0.3, 0.4) is 0 Å². The van der Waals surface area contributed by atoms with Crippen molar-refractivity contribution in [2.45, 2.75) is 63.6 Å². The minimum Gasteiger partial charge on any atom is -0.377 e. The van der Waals surface area contributed by atoms with Crippen LogP contribution in [0.4, 0.5) is 0 Å². The van der Waals surface area contributed by atoms with E-state index in [1.807, 2.05) is 0 Å². The molecule has 2 heterocycles. The normalized spacial score (nSPS) is 17.3. The standard InChI is InChI=1S/C25H31N3OS/c1-18-8-14-21(15-9-18)28-23(19-10-12-20(13-11-19)25(2,3)4)26-27-24(28)30-17-22-7-5-6-16-29-22/h8-15,22H,5-7,16-17H2,1-4H3. The van der Waals surface area contributed by atoms with E-state index in [0.717, 1.165) is 41.0 Å². The van der Waals surface area contributed by atoms with Crippen molar-refractivity contribution in [1.29, 1.82) is 0 Å². The fourth-order valence-electron chi connectivity index (χ4n) is 3.70. The minimum absolute atomic E-state index is 0.129. The number of ether oxygens (including phenoxy) is 1. The number of hydrogen-bond donors (Lipinski definition) is 0. The van der Waals surface area contributed by atoms with E-state index in [4.69, 9.17) is 4.74 Å². The molecule has 1 atom stereocenters. The second kappa shape index (κ2) is 8.94. The SMILES string of the molecule is Cc1ccc(-n2c(SCC3CCCCO3)nnc2-c2ccc(C(C)(C)C)cc2)cc1. The van der Waals surface area contributed by atoms with E-state index < -0.39 is 0 Å². The maximum atomic E-state index is 5.92. The lowest BCUT2D eigenvalue weighted by Crippen LogP contribution is -2.21. The van der Waals surface area contributed by atoms with Crippen LogP contribution in [0.1, 0.15) is 51.2 Å². The number of aryl methyl sites for hydroxylation is 1. The van der Waals surface area contributed by atoms with E-state index in [1.54, 1.807) is 11.8 Å². The first-order chi connectivity index (χ1) is 14.4. The first-order valence-electron chi connectivity index (χ1n) is 10.8. The molecule has 0 amide bonds. The molecule has 0 saturated carbocycles. The van der Waals surface area contributed by atoms with E-state index >= 15 is 0 Å². The number of benzene rings is 2. The first-order valence-corrected chi connectivity index (χ1v) is 11.8. The Morgan fingerprint density at radius 2 is 1.73 bits per heavy atom. The van der Waals surface area contributed by atoms with Gasteiger partial charge in [-0.3, -0.25) is 4.57 Å². The predicted molar refractivity (Wildman–Crippen MR) is 125 cm³/mol. The highest BCUT2D eigenvalue weighted by atomic mass is 32.2. The highest BCUT2D eigenvalue weighted by molar-refractivity contribution is 7.99. The van der Waals surface area contributed by atoms with E-state index in [1.165, 1.54) is 24.0 Å². The third-order valence-electron chi connectivity index (χ3n) is 5.61. The van der Waals surface area contributed by atoms with Crippen LogP contribution in [0.25, 0.3) is 17.1 Å². The van der Waals surface area contributed by atoms with Crippen LogP contribution < -0.4 is 0 Å². The van der Waals surface area contributed by atoms with E-state index in [0.29, 0.717) is 6.10 Å². The summed E-state index contributed by atoms with van der Waals surface area (Å²) in [6.45, 7) is 9.69. The number of hydrogen-bond acceptors (Lipinski definition) is 4. The van der Waals surface area contributed by atoms with Gasteiger partial charge in [-0.25, -0.2) is 0 Å². The Morgan fingerprint density at radius 3 is 2.37 bits per heavy atom. The van der Waals surface area contributed by atoms with Crippen molar-refractivity contribution in [3.63, 3.8) is 0 Å². The van der Waals surface area contributed by atoms with Crippen molar-refractivity contribution in [2.75, 3.05) is 12.4 Å². The molecule has 4 nitrogen and oxygen atoms in total. The smallest absolute Gasteiger partial charge is 0.196 e. The molecule has 1 aliphatic heterocycles. The molecule has 30 heavy (non-hydrogen) atoms. The molecule has 0 N–H and O–H groups in total. The molecule has 1 fully saturated rings. The minimum atomic E-state index is 0.129. The van der Waals surface area contributed by atoms with Gasteiger partial charge in [0.05, 0.1) is 6.10 Å². The Labute approximate surface area is 184 Å². The van der Waals surface area contributed by atoms with Gasteiger partial charge in [-0.2, -0.15) is 0 Å². The molecular weight excluding hydrogens is 390 g/mol.